The monoisotopic (exact) mass is 388 g/mol. The van der Waals surface area contributed by atoms with Gasteiger partial charge in [-0.1, -0.05) is 24.3 Å². The summed E-state index contributed by atoms with van der Waals surface area (Å²) in [5.74, 6) is 1.08. The van der Waals surface area contributed by atoms with Gasteiger partial charge in [0.2, 0.25) is 0 Å². The second-order valence-corrected chi connectivity index (χ2v) is 7.00. The highest BCUT2D eigenvalue weighted by Crippen LogP contribution is 2.32. The fourth-order valence-electron chi connectivity index (χ4n) is 3.63. The van der Waals surface area contributed by atoms with Crippen LogP contribution in [-0.2, 0) is 13.0 Å². The van der Waals surface area contributed by atoms with Crippen LogP contribution < -0.4 is 14.8 Å². The molecule has 1 N–H and O–H groups in total. The Balaban J connectivity index is 1.47. The van der Waals surface area contributed by atoms with Crippen LogP contribution in [0.2, 0.25) is 0 Å². The van der Waals surface area contributed by atoms with E-state index < -0.39 is 0 Å². The number of aryl methyl sites for hydroxylation is 1. The minimum Gasteiger partial charge on any atom is -0.490 e. The lowest BCUT2D eigenvalue weighted by Gasteiger charge is -2.16. The summed E-state index contributed by atoms with van der Waals surface area (Å²) in [6, 6.07) is 17.5. The standard InChI is InChI=1S/C24H24N2O3/c1-2-28-23-15-19(8-10-22(23)29-16-17-11-13-25-14-12-17)24(27)26-21-9-7-18-5-3-4-6-20(18)21/h3-6,8,10-15,21H,2,7,9,16H2,1H3,(H,26,27). The lowest BCUT2D eigenvalue weighted by atomic mass is 10.1. The third kappa shape index (κ3) is 4.40. The summed E-state index contributed by atoms with van der Waals surface area (Å²) in [6.07, 6.45) is 5.39. The van der Waals surface area contributed by atoms with E-state index in [1.165, 1.54) is 11.1 Å². The molecule has 0 radical (unpaired) electrons. The van der Waals surface area contributed by atoms with Crippen LogP contribution in [0.15, 0.2) is 67.0 Å². The number of rotatable bonds is 7. The summed E-state index contributed by atoms with van der Waals surface area (Å²) >= 11 is 0. The molecule has 0 aliphatic heterocycles. The van der Waals surface area contributed by atoms with Crippen molar-refractivity contribution in [1.29, 1.82) is 0 Å². The molecule has 1 atom stereocenters. The first-order valence-electron chi connectivity index (χ1n) is 9.92. The van der Waals surface area contributed by atoms with Gasteiger partial charge in [-0.25, -0.2) is 0 Å². The number of ether oxygens (including phenoxy) is 2. The molecule has 1 unspecified atom stereocenters. The summed E-state index contributed by atoms with van der Waals surface area (Å²) in [5.41, 5.74) is 4.11. The Kier molecular flexibility index (Phi) is 5.75. The average Bonchev–Trinajstić information content (AvgIpc) is 3.16. The molecule has 1 aliphatic rings. The molecule has 5 heteroatoms. The van der Waals surface area contributed by atoms with Crippen LogP contribution in [0.25, 0.3) is 0 Å². The van der Waals surface area contributed by atoms with Gasteiger partial charge in [0.05, 0.1) is 12.6 Å². The first kappa shape index (κ1) is 19.0. The van der Waals surface area contributed by atoms with Crippen molar-refractivity contribution >= 4 is 5.91 Å². The highest BCUT2D eigenvalue weighted by Gasteiger charge is 2.24. The number of nitrogens with zero attached hydrogens (tertiary/aromatic N) is 1. The number of hydrogen-bond acceptors (Lipinski definition) is 4. The molecule has 4 rings (SSSR count). The molecule has 5 nitrogen and oxygen atoms in total. The molecule has 0 spiro atoms. The number of nitrogens with one attached hydrogen (secondary N) is 1. The number of amides is 1. The lowest BCUT2D eigenvalue weighted by molar-refractivity contribution is 0.0936. The number of carbonyl (C=O) groups excluding carboxylic acids is 1. The molecule has 1 heterocycles. The van der Waals surface area contributed by atoms with Gasteiger partial charge in [0, 0.05) is 18.0 Å². The van der Waals surface area contributed by atoms with E-state index in [1.807, 2.05) is 31.2 Å². The summed E-state index contributed by atoms with van der Waals surface area (Å²) in [6.45, 7) is 2.81. The Labute approximate surface area is 170 Å². The van der Waals surface area contributed by atoms with Crippen LogP contribution in [0.5, 0.6) is 11.5 Å². The molecule has 0 bridgehead atoms. The highest BCUT2D eigenvalue weighted by atomic mass is 16.5. The maximum Gasteiger partial charge on any atom is 0.251 e. The van der Waals surface area contributed by atoms with Crippen LogP contribution in [0, 0.1) is 0 Å². The quantitative estimate of drug-likeness (QED) is 0.648. The van der Waals surface area contributed by atoms with Gasteiger partial charge in [0.1, 0.15) is 6.61 Å². The molecular weight excluding hydrogens is 364 g/mol. The van der Waals surface area contributed by atoms with E-state index in [-0.39, 0.29) is 11.9 Å². The highest BCUT2D eigenvalue weighted by molar-refractivity contribution is 5.95. The van der Waals surface area contributed by atoms with Crippen LogP contribution in [0.1, 0.15) is 46.4 Å². The van der Waals surface area contributed by atoms with E-state index in [2.05, 4.69) is 22.4 Å². The van der Waals surface area contributed by atoms with Crippen LogP contribution >= 0.6 is 0 Å². The van der Waals surface area contributed by atoms with Crippen LogP contribution in [-0.4, -0.2) is 17.5 Å². The number of aromatic nitrogens is 1. The fourth-order valence-corrected chi connectivity index (χ4v) is 3.63. The van der Waals surface area contributed by atoms with Gasteiger partial charge in [0.25, 0.3) is 5.91 Å². The summed E-state index contributed by atoms with van der Waals surface area (Å²) in [7, 11) is 0. The van der Waals surface area contributed by atoms with Crippen LogP contribution in [0.3, 0.4) is 0 Å². The Hall–Kier alpha value is -3.34. The molecule has 29 heavy (non-hydrogen) atoms. The van der Waals surface area contributed by atoms with Gasteiger partial charge in [-0.3, -0.25) is 9.78 Å². The molecule has 3 aromatic rings. The zero-order valence-electron chi connectivity index (χ0n) is 16.4. The van der Waals surface area contributed by atoms with Crippen molar-refractivity contribution in [3.63, 3.8) is 0 Å². The molecular formula is C24H24N2O3. The Morgan fingerprint density at radius 2 is 1.90 bits per heavy atom. The zero-order chi connectivity index (χ0) is 20.1. The first-order valence-corrected chi connectivity index (χ1v) is 9.92. The van der Waals surface area contributed by atoms with Crippen molar-refractivity contribution in [2.45, 2.75) is 32.4 Å². The Morgan fingerprint density at radius 3 is 2.72 bits per heavy atom. The molecule has 0 saturated heterocycles. The summed E-state index contributed by atoms with van der Waals surface area (Å²) in [5, 5.41) is 3.16. The van der Waals surface area contributed by atoms with Gasteiger partial charge in [-0.2, -0.15) is 0 Å². The molecule has 148 valence electrons. The topological polar surface area (TPSA) is 60.5 Å². The van der Waals surface area contributed by atoms with Gasteiger partial charge < -0.3 is 14.8 Å². The Bertz CT molecular complexity index is 988. The minimum absolute atomic E-state index is 0.0526. The molecule has 1 aromatic heterocycles. The number of pyridine rings is 1. The second kappa shape index (κ2) is 8.78. The fraction of sp³-hybridized carbons (Fsp3) is 0.250. The predicted molar refractivity (Wildman–Crippen MR) is 111 cm³/mol. The molecule has 0 fully saturated rings. The summed E-state index contributed by atoms with van der Waals surface area (Å²) in [4.78, 5) is 16.9. The predicted octanol–water partition coefficient (Wildman–Crippen LogP) is 4.48. The first-order chi connectivity index (χ1) is 14.2. The van der Waals surface area contributed by atoms with Crippen molar-refractivity contribution in [1.82, 2.24) is 10.3 Å². The van der Waals surface area contributed by atoms with E-state index in [4.69, 9.17) is 9.47 Å². The van der Waals surface area contributed by atoms with E-state index in [0.29, 0.717) is 30.3 Å². The van der Waals surface area contributed by atoms with Crippen molar-refractivity contribution in [3.05, 3.63) is 89.2 Å². The summed E-state index contributed by atoms with van der Waals surface area (Å²) < 4.78 is 11.6. The van der Waals surface area contributed by atoms with E-state index in [9.17, 15) is 4.79 Å². The van der Waals surface area contributed by atoms with E-state index >= 15 is 0 Å². The number of benzene rings is 2. The second-order valence-electron chi connectivity index (χ2n) is 7.00. The maximum absolute atomic E-state index is 12.8. The maximum atomic E-state index is 12.8. The van der Waals surface area contributed by atoms with E-state index in [0.717, 1.165) is 18.4 Å². The number of carbonyl (C=O) groups is 1. The number of hydrogen-bond donors (Lipinski definition) is 1. The Morgan fingerprint density at radius 1 is 1.07 bits per heavy atom. The smallest absolute Gasteiger partial charge is 0.251 e. The van der Waals surface area contributed by atoms with Gasteiger partial charge in [-0.15, -0.1) is 0 Å². The van der Waals surface area contributed by atoms with Gasteiger partial charge in [-0.05, 0) is 66.8 Å². The van der Waals surface area contributed by atoms with Crippen LogP contribution in [0.4, 0.5) is 0 Å². The van der Waals surface area contributed by atoms with Crippen molar-refractivity contribution in [2.24, 2.45) is 0 Å². The van der Waals surface area contributed by atoms with E-state index in [1.54, 1.807) is 30.6 Å². The van der Waals surface area contributed by atoms with Crippen molar-refractivity contribution in [2.75, 3.05) is 6.61 Å². The molecule has 1 amide bonds. The normalized spacial score (nSPS) is 14.9. The number of fused-ring (bicyclic) bond motifs is 1. The largest absolute Gasteiger partial charge is 0.490 e. The van der Waals surface area contributed by atoms with Gasteiger partial charge >= 0.3 is 0 Å². The minimum atomic E-state index is -0.103. The van der Waals surface area contributed by atoms with Crippen molar-refractivity contribution in [3.8, 4) is 11.5 Å². The van der Waals surface area contributed by atoms with Crippen molar-refractivity contribution < 1.29 is 14.3 Å². The van der Waals surface area contributed by atoms with Gasteiger partial charge in [0.15, 0.2) is 11.5 Å². The SMILES string of the molecule is CCOc1cc(C(=O)NC2CCc3ccccc32)ccc1OCc1ccncc1. The average molecular weight is 388 g/mol. The lowest BCUT2D eigenvalue weighted by Crippen LogP contribution is -2.27. The third-order valence-corrected chi connectivity index (χ3v) is 5.09. The molecule has 0 saturated carbocycles. The third-order valence-electron chi connectivity index (χ3n) is 5.09. The zero-order valence-corrected chi connectivity index (χ0v) is 16.4. The molecule has 2 aromatic carbocycles. The molecule has 1 aliphatic carbocycles.